The molecule has 1 atom stereocenters. The molecule has 7 heteroatoms. The Morgan fingerprint density at radius 3 is 2.58 bits per heavy atom. The maximum Gasteiger partial charge on any atom is 0.209 e. The Morgan fingerprint density at radius 2 is 1.88 bits per heavy atom. The highest BCUT2D eigenvalue weighted by atomic mass is 32.2. The van der Waals surface area contributed by atoms with Gasteiger partial charge in [-0.05, 0) is 37.3 Å². The molecule has 4 nitrogen and oxygen atoms in total. The number of nitrogens with zero attached hydrogens (tertiary/aromatic N) is 3. The van der Waals surface area contributed by atoms with Crippen molar-refractivity contribution in [1.29, 1.82) is 0 Å². The fraction of sp³-hybridized carbons (Fsp3) is 0.118. The Bertz CT molecular complexity index is 867. The Balaban J connectivity index is 1.72. The van der Waals surface area contributed by atoms with Crippen LogP contribution in [0.15, 0.2) is 60.0 Å². The number of benzene rings is 2. The molecule has 2 aromatic carbocycles. The second-order valence-electron chi connectivity index (χ2n) is 5.06. The van der Waals surface area contributed by atoms with Crippen LogP contribution in [-0.4, -0.2) is 25.8 Å². The van der Waals surface area contributed by atoms with E-state index < -0.39 is 16.9 Å². The van der Waals surface area contributed by atoms with Crippen LogP contribution < -0.4 is 0 Å². The monoisotopic (exact) mass is 345 g/mol. The standard InChI is InChI=1S/C17H13F2N3OS/c1-11(16(23)12-7-8-14(18)15(19)9-12)24-17-20-10-22(21-17)13-5-3-2-4-6-13/h2-11H,1H3. The van der Waals surface area contributed by atoms with Gasteiger partial charge in [-0.1, -0.05) is 30.0 Å². The number of Topliss-reactive ketones (excluding diaryl/α,β-unsaturated/α-hetero) is 1. The van der Waals surface area contributed by atoms with Crippen LogP contribution >= 0.6 is 11.8 Å². The van der Waals surface area contributed by atoms with Gasteiger partial charge in [0.2, 0.25) is 5.16 Å². The Morgan fingerprint density at radius 1 is 1.12 bits per heavy atom. The molecule has 1 unspecified atom stereocenters. The average molecular weight is 345 g/mol. The van der Waals surface area contributed by atoms with Gasteiger partial charge in [-0.3, -0.25) is 4.79 Å². The lowest BCUT2D eigenvalue weighted by Gasteiger charge is -2.08. The van der Waals surface area contributed by atoms with Gasteiger partial charge in [0.05, 0.1) is 10.9 Å². The van der Waals surface area contributed by atoms with Gasteiger partial charge in [0.25, 0.3) is 0 Å². The minimum atomic E-state index is -1.04. The maximum absolute atomic E-state index is 13.3. The zero-order chi connectivity index (χ0) is 17.1. The predicted octanol–water partition coefficient (Wildman–Crippen LogP) is 3.91. The number of carbonyl (C=O) groups excluding carboxylic acids is 1. The fourth-order valence-electron chi connectivity index (χ4n) is 2.10. The topological polar surface area (TPSA) is 47.8 Å². The summed E-state index contributed by atoms with van der Waals surface area (Å²) in [5.41, 5.74) is 0.979. The highest BCUT2D eigenvalue weighted by molar-refractivity contribution is 8.00. The van der Waals surface area contributed by atoms with Gasteiger partial charge in [0.1, 0.15) is 6.33 Å². The second-order valence-corrected chi connectivity index (χ2v) is 6.37. The third-order valence-electron chi connectivity index (χ3n) is 3.35. The van der Waals surface area contributed by atoms with Crippen LogP contribution in [0, 0.1) is 11.6 Å². The molecule has 0 N–H and O–H groups in total. The number of rotatable bonds is 5. The molecule has 0 aliphatic heterocycles. The van der Waals surface area contributed by atoms with E-state index in [9.17, 15) is 13.6 Å². The smallest absolute Gasteiger partial charge is 0.209 e. The minimum absolute atomic E-state index is 0.122. The van der Waals surface area contributed by atoms with E-state index in [2.05, 4.69) is 10.1 Å². The van der Waals surface area contributed by atoms with Crippen LogP contribution in [0.2, 0.25) is 0 Å². The third kappa shape index (κ3) is 3.51. The van der Waals surface area contributed by atoms with E-state index in [0.717, 1.165) is 29.6 Å². The van der Waals surface area contributed by atoms with Crippen molar-refractivity contribution in [2.24, 2.45) is 0 Å². The summed E-state index contributed by atoms with van der Waals surface area (Å²) >= 11 is 1.16. The highest BCUT2D eigenvalue weighted by Crippen LogP contribution is 2.23. The van der Waals surface area contributed by atoms with Crippen molar-refractivity contribution in [3.05, 3.63) is 72.1 Å². The molecule has 0 fully saturated rings. The molecule has 3 rings (SSSR count). The first-order valence-electron chi connectivity index (χ1n) is 7.17. The lowest BCUT2D eigenvalue weighted by molar-refractivity contribution is 0.0993. The van der Waals surface area contributed by atoms with Crippen LogP contribution in [0.4, 0.5) is 8.78 Å². The van der Waals surface area contributed by atoms with Crippen LogP contribution in [-0.2, 0) is 0 Å². The Kier molecular flexibility index (Phi) is 4.71. The zero-order valence-electron chi connectivity index (χ0n) is 12.7. The Hall–Kier alpha value is -2.54. The first-order chi connectivity index (χ1) is 11.5. The van der Waals surface area contributed by atoms with E-state index in [1.54, 1.807) is 17.9 Å². The number of carbonyl (C=O) groups is 1. The van der Waals surface area contributed by atoms with Gasteiger partial charge >= 0.3 is 0 Å². The van der Waals surface area contributed by atoms with Gasteiger partial charge in [0.15, 0.2) is 17.4 Å². The van der Waals surface area contributed by atoms with E-state index in [0.29, 0.717) is 5.16 Å². The number of thioether (sulfide) groups is 1. The van der Waals surface area contributed by atoms with E-state index in [4.69, 9.17) is 0 Å². The molecule has 0 saturated heterocycles. The first kappa shape index (κ1) is 16.3. The number of ketones is 1. The van der Waals surface area contributed by atoms with Crippen molar-refractivity contribution in [2.75, 3.05) is 0 Å². The number of aromatic nitrogens is 3. The third-order valence-corrected chi connectivity index (χ3v) is 4.31. The summed E-state index contributed by atoms with van der Waals surface area (Å²) in [4.78, 5) is 16.5. The summed E-state index contributed by atoms with van der Waals surface area (Å²) in [6.45, 7) is 1.68. The normalized spacial score (nSPS) is 12.1. The predicted molar refractivity (Wildman–Crippen MR) is 87.4 cm³/mol. The molecule has 0 bridgehead atoms. The molecule has 1 aromatic heterocycles. The summed E-state index contributed by atoms with van der Waals surface area (Å²) in [5, 5.41) is 4.22. The van der Waals surface area contributed by atoms with Crippen molar-refractivity contribution in [3.8, 4) is 5.69 Å². The molecule has 1 heterocycles. The minimum Gasteiger partial charge on any atom is -0.293 e. The number of hydrogen-bond acceptors (Lipinski definition) is 4. The van der Waals surface area contributed by atoms with Crippen molar-refractivity contribution in [1.82, 2.24) is 14.8 Å². The molecule has 0 aliphatic rings. The second kappa shape index (κ2) is 6.92. The highest BCUT2D eigenvalue weighted by Gasteiger charge is 2.20. The number of hydrogen-bond donors (Lipinski definition) is 0. The maximum atomic E-state index is 13.3. The lowest BCUT2D eigenvalue weighted by atomic mass is 10.1. The number of para-hydroxylation sites is 1. The molecular weight excluding hydrogens is 332 g/mol. The van der Waals surface area contributed by atoms with Crippen molar-refractivity contribution in [3.63, 3.8) is 0 Å². The molecule has 3 aromatic rings. The summed E-state index contributed by atoms with van der Waals surface area (Å²) in [6, 6.07) is 12.6. The van der Waals surface area contributed by atoms with Gasteiger partial charge in [-0.15, -0.1) is 5.10 Å². The van der Waals surface area contributed by atoms with Crippen LogP contribution in [0.3, 0.4) is 0 Å². The quantitative estimate of drug-likeness (QED) is 0.520. The molecule has 0 spiro atoms. The van der Waals surface area contributed by atoms with Crippen molar-refractivity contribution in [2.45, 2.75) is 17.3 Å². The average Bonchev–Trinajstić information content (AvgIpc) is 3.06. The molecular formula is C17H13F2N3OS. The summed E-state index contributed by atoms with van der Waals surface area (Å²) in [5.74, 6) is -2.32. The first-order valence-corrected chi connectivity index (χ1v) is 8.05. The van der Waals surface area contributed by atoms with Gasteiger partial charge in [-0.2, -0.15) is 0 Å². The largest absolute Gasteiger partial charge is 0.293 e. The fourth-order valence-corrected chi connectivity index (χ4v) is 2.91. The van der Waals surface area contributed by atoms with E-state index in [-0.39, 0.29) is 11.3 Å². The summed E-state index contributed by atoms with van der Waals surface area (Å²) in [7, 11) is 0. The molecule has 122 valence electrons. The van der Waals surface area contributed by atoms with Crippen molar-refractivity contribution >= 4 is 17.5 Å². The van der Waals surface area contributed by atoms with Crippen LogP contribution in [0.1, 0.15) is 17.3 Å². The molecule has 0 radical (unpaired) electrons. The SMILES string of the molecule is CC(Sc1ncn(-c2ccccc2)n1)C(=O)c1ccc(F)c(F)c1. The Labute approximate surface area is 141 Å². The van der Waals surface area contributed by atoms with E-state index >= 15 is 0 Å². The van der Waals surface area contributed by atoms with Crippen molar-refractivity contribution < 1.29 is 13.6 Å². The van der Waals surface area contributed by atoms with E-state index in [1.165, 1.54) is 6.07 Å². The van der Waals surface area contributed by atoms with E-state index in [1.807, 2.05) is 30.3 Å². The van der Waals surface area contributed by atoms with Gasteiger partial charge in [0, 0.05) is 5.56 Å². The number of halogens is 2. The zero-order valence-corrected chi connectivity index (χ0v) is 13.5. The van der Waals surface area contributed by atoms with Crippen LogP contribution in [0.5, 0.6) is 0 Å². The van der Waals surface area contributed by atoms with Gasteiger partial charge in [-0.25, -0.2) is 18.4 Å². The molecule has 0 saturated carbocycles. The lowest BCUT2D eigenvalue weighted by Crippen LogP contribution is -2.14. The van der Waals surface area contributed by atoms with Crippen LogP contribution in [0.25, 0.3) is 5.69 Å². The molecule has 24 heavy (non-hydrogen) atoms. The molecule has 0 aliphatic carbocycles. The van der Waals surface area contributed by atoms with Gasteiger partial charge < -0.3 is 0 Å². The molecule has 0 amide bonds. The summed E-state index contributed by atoms with van der Waals surface area (Å²) < 4.78 is 27.8. The summed E-state index contributed by atoms with van der Waals surface area (Å²) in [6.07, 6.45) is 1.56.